The van der Waals surface area contributed by atoms with E-state index in [9.17, 15) is 4.79 Å². The van der Waals surface area contributed by atoms with Crippen LogP contribution in [0.2, 0.25) is 0 Å². The minimum atomic E-state index is 0.334. The maximum Gasteiger partial charge on any atom is 0.222 e. The van der Waals surface area contributed by atoms with Crippen LogP contribution in [0, 0.1) is 0 Å². The summed E-state index contributed by atoms with van der Waals surface area (Å²) in [6, 6.07) is 0.448. The van der Waals surface area contributed by atoms with Gasteiger partial charge in [-0.25, -0.2) is 0 Å². The van der Waals surface area contributed by atoms with Gasteiger partial charge in [-0.3, -0.25) is 4.79 Å². The molecule has 0 aromatic rings. The number of nitrogens with zero attached hydrogens (tertiary/aromatic N) is 1. The number of nitrogens with one attached hydrogen (secondary N) is 1. The van der Waals surface area contributed by atoms with E-state index >= 15 is 0 Å². The first-order valence-electron chi connectivity index (χ1n) is 5.23. The van der Waals surface area contributed by atoms with Crippen molar-refractivity contribution in [2.24, 2.45) is 0 Å². The summed E-state index contributed by atoms with van der Waals surface area (Å²) in [7, 11) is 1.95. The van der Waals surface area contributed by atoms with Crippen LogP contribution in [0.15, 0.2) is 0 Å². The first-order chi connectivity index (χ1) is 6.29. The largest absolute Gasteiger partial charge is 0.338 e. The fraction of sp³-hybridized carbons (Fsp3) is 0.900. The summed E-state index contributed by atoms with van der Waals surface area (Å²) < 4.78 is 0. The van der Waals surface area contributed by atoms with E-state index in [1.54, 1.807) is 0 Å². The minimum absolute atomic E-state index is 0.334. The van der Waals surface area contributed by atoms with Crippen LogP contribution in [-0.2, 0) is 4.79 Å². The molecule has 76 valence electrons. The lowest BCUT2D eigenvalue weighted by atomic mass is 10.2. The summed E-state index contributed by atoms with van der Waals surface area (Å²) in [4.78, 5) is 13.7. The van der Waals surface area contributed by atoms with Gasteiger partial charge >= 0.3 is 0 Å². The second-order valence-corrected chi connectivity index (χ2v) is 3.69. The van der Waals surface area contributed by atoms with E-state index < -0.39 is 0 Å². The molecule has 1 aliphatic heterocycles. The molecule has 13 heavy (non-hydrogen) atoms. The lowest BCUT2D eigenvalue weighted by molar-refractivity contribution is -0.131. The molecule has 1 heterocycles. The predicted molar refractivity (Wildman–Crippen MR) is 53.6 cm³/mol. The van der Waals surface area contributed by atoms with Crippen molar-refractivity contribution < 1.29 is 4.79 Å². The third-order valence-electron chi connectivity index (χ3n) is 2.60. The van der Waals surface area contributed by atoms with Crippen molar-refractivity contribution in [1.82, 2.24) is 10.2 Å². The van der Waals surface area contributed by atoms with E-state index in [1.165, 1.54) is 6.42 Å². The number of likely N-dealkylation sites (N-methyl/N-ethyl adjacent to an activating group) is 1. The van der Waals surface area contributed by atoms with Crippen molar-refractivity contribution in [2.45, 2.75) is 38.6 Å². The molecular formula is C10H20N2O. The molecule has 1 aliphatic rings. The average Bonchev–Trinajstić information content (AvgIpc) is 2.54. The Balaban J connectivity index is 2.42. The molecule has 1 saturated heterocycles. The zero-order valence-corrected chi connectivity index (χ0v) is 8.68. The predicted octanol–water partition coefficient (Wildman–Crippen LogP) is 0.997. The van der Waals surface area contributed by atoms with Crippen LogP contribution < -0.4 is 5.32 Å². The van der Waals surface area contributed by atoms with Gasteiger partial charge < -0.3 is 10.2 Å². The fourth-order valence-corrected chi connectivity index (χ4v) is 1.97. The maximum atomic E-state index is 11.6. The summed E-state index contributed by atoms with van der Waals surface area (Å²) in [5.41, 5.74) is 0. The van der Waals surface area contributed by atoms with Crippen molar-refractivity contribution in [3.8, 4) is 0 Å². The van der Waals surface area contributed by atoms with Crippen molar-refractivity contribution in [3.63, 3.8) is 0 Å². The SMILES string of the molecule is CCCC(=O)N1CCCC1CNC. The number of carbonyl (C=O) groups is 1. The normalized spacial score (nSPS) is 22.3. The highest BCUT2D eigenvalue weighted by atomic mass is 16.2. The molecule has 1 unspecified atom stereocenters. The highest BCUT2D eigenvalue weighted by molar-refractivity contribution is 5.76. The molecule has 1 rings (SSSR count). The van der Waals surface area contributed by atoms with Crippen LogP contribution in [0.1, 0.15) is 32.6 Å². The number of likely N-dealkylation sites (tertiary alicyclic amines) is 1. The van der Waals surface area contributed by atoms with Gasteiger partial charge in [-0.15, -0.1) is 0 Å². The van der Waals surface area contributed by atoms with Gasteiger partial charge in [0.15, 0.2) is 0 Å². The monoisotopic (exact) mass is 184 g/mol. The fourth-order valence-electron chi connectivity index (χ4n) is 1.97. The molecule has 1 atom stereocenters. The minimum Gasteiger partial charge on any atom is -0.338 e. The molecule has 3 nitrogen and oxygen atoms in total. The number of amides is 1. The summed E-state index contributed by atoms with van der Waals surface area (Å²) >= 11 is 0. The summed E-state index contributed by atoms with van der Waals surface area (Å²) in [5.74, 6) is 0.334. The van der Waals surface area contributed by atoms with E-state index in [-0.39, 0.29) is 0 Å². The number of hydrogen-bond donors (Lipinski definition) is 1. The van der Waals surface area contributed by atoms with Crippen molar-refractivity contribution in [1.29, 1.82) is 0 Å². The van der Waals surface area contributed by atoms with E-state index in [2.05, 4.69) is 12.2 Å². The molecule has 1 fully saturated rings. The molecule has 1 amide bonds. The Kier molecular flexibility index (Phi) is 4.22. The quantitative estimate of drug-likeness (QED) is 0.707. The van der Waals surface area contributed by atoms with Gasteiger partial charge in [-0.1, -0.05) is 6.92 Å². The van der Waals surface area contributed by atoms with Crippen LogP contribution >= 0.6 is 0 Å². The summed E-state index contributed by atoms with van der Waals surface area (Å²) in [6.45, 7) is 3.96. The molecular weight excluding hydrogens is 164 g/mol. The van der Waals surface area contributed by atoms with E-state index in [0.29, 0.717) is 18.4 Å². The number of rotatable bonds is 4. The van der Waals surface area contributed by atoms with Crippen molar-refractivity contribution >= 4 is 5.91 Å². The zero-order chi connectivity index (χ0) is 9.68. The van der Waals surface area contributed by atoms with Crippen LogP contribution in [0.4, 0.5) is 0 Å². The van der Waals surface area contributed by atoms with Crippen molar-refractivity contribution in [3.05, 3.63) is 0 Å². The molecule has 0 aliphatic carbocycles. The van der Waals surface area contributed by atoms with Gasteiger partial charge in [-0.2, -0.15) is 0 Å². The second kappa shape index (κ2) is 5.22. The van der Waals surface area contributed by atoms with E-state index in [4.69, 9.17) is 0 Å². The standard InChI is InChI=1S/C10H20N2O/c1-3-5-10(13)12-7-4-6-9(12)8-11-2/h9,11H,3-8H2,1-2H3. The Morgan fingerprint density at radius 1 is 1.62 bits per heavy atom. The maximum absolute atomic E-state index is 11.6. The zero-order valence-electron chi connectivity index (χ0n) is 8.68. The Hall–Kier alpha value is -0.570. The van der Waals surface area contributed by atoms with Gasteiger partial charge in [0, 0.05) is 25.6 Å². The Morgan fingerprint density at radius 3 is 3.00 bits per heavy atom. The van der Waals surface area contributed by atoms with E-state index in [0.717, 1.165) is 25.9 Å². The van der Waals surface area contributed by atoms with Crippen LogP contribution in [0.5, 0.6) is 0 Å². The molecule has 0 radical (unpaired) electrons. The summed E-state index contributed by atoms with van der Waals surface area (Å²) in [6.07, 6.45) is 4.00. The van der Waals surface area contributed by atoms with Crippen molar-refractivity contribution in [2.75, 3.05) is 20.1 Å². The molecule has 3 heteroatoms. The first-order valence-corrected chi connectivity index (χ1v) is 5.23. The third-order valence-corrected chi connectivity index (χ3v) is 2.60. The molecule has 0 spiro atoms. The lowest BCUT2D eigenvalue weighted by Gasteiger charge is -2.24. The highest BCUT2D eigenvalue weighted by Gasteiger charge is 2.26. The highest BCUT2D eigenvalue weighted by Crippen LogP contribution is 2.17. The Morgan fingerprint density at radius 2 is 2.38 bits per heavy atom. The Bertz CT molecular complexity index is 170. The Labute approximate surface area is 80.5 Å². The lowest BCUT2D eigenvalue weighted by Crippen LogP contribution is -2.40. The third kappa shape index (κ3) is 2.69. The van der Waals surface area contributed by atoms with Crippen LogP contribution in [0.3, 0.4) is 0 Å². The molecule has 0 aromatic heterocycles. The molecule has 1 N–H and O–H groups in total. The second-order valence-electron chi connectivity index (χ2n) is 3.69. The van der Waals surface area contributed by atoms with Crippen LogP contribution in [-0.4, -0.2) is 37.0 Å². The topological polar surface area (TPSA) is 32.3 Å². The smallest absolute Gasteiger partial charge is 0.222 e. The average molecular weight is 184 g/mol. The molecule has 0 saturated carbocycles. The van der Waals surface area contributed by atoms with Gasteiger partial charge in [0.05, 0.1) is 0 Å². The van der Waals surface area contributed by atoms with Gasteiger partial charge in [0.1, 0.15) is 0 Å². The number of hydrogen-bond acceptors (Lipinski definition) is 2. The van der Waals surface area contributed by atoms with Crippen LogP contribution in [0.25, 0.3) is 0 Å². The first kappa shape index (κ1) is 10.5. The van der Waals surface area contributed by atoms with Gasteiger partial charge in [0.25, 0.3) is 0 Å². The molecule has 0 bridgehead atoms. The number of carbonyl (C=O) groups excluding carboxylic acids is 1. The van der Waals surface area contributed by atoms with Gasteiger partial charge in [0.2, 0.25) is 5.91 Å². The van der Waals surface area contributed by atoms with E-state index in [1.807, 2.05) is 11.9 Å². The molecule has 0 aromatic carbocycles. The summed E-state index contributed by atoms with van der Waals surface area (Å²) in [5, 5.41) is 3.14. The van der Waals surface area contributed by atoms with Gasteiger partial charge in [-0.05, 0) is 26.3 Å².